The van der Waals surface area contributed by atoms with Crippen LogP contribution in [-0.2, 0) is 17.7 Å². The minimum atomic E-state index is -1.23. The van der Waals surface area contributed by atoms with Crippen molar-refractivity contribution in [1.29, 1.82) is 0 Å². The smallest absolute Gasteiger partial charge is 0.280 e. The minimum Gasteiger partial charge on any atom is -0.491 e. The predicted molar refractivity (Wildman–Crippen MR) is 164 cm³/mol. The highest BCUT2D eigenvalue weighted by molar-refractivity contribution is 6.04. The number of unbranched alkanes of at least 4 members (excludes halogenated alkanes) is 1. The first kappa shape index (κ1) is 28.3. The quantitative estimate of drug-likeness (QED) is 0.244. The first-order chi connectivity index (χ1) is 20.9. The maximum Gasteiger partial charge on any atom is 0.280 e. The number of nitrogens with one attached hydrogen (secondary N) is 1. The average Bonchev–Trinajstić information content (AvgIpc) is 3.67. The number of hydrogen-bond donors (Lipinski definition) is 2. The van der Waals surface area contributed by atoms with Gasteiger partial charge >= 0.3 is 0 Å². The van der Waals surface area contributed by atoms with Crippen LogP contribution < -0.4 is 15.8 Å². The fraction of sp³-hybridized carbons (Fsp3) is 0.273. The molecule has 0 fully saturated rings. The summed E-state index contributed by atoms with van der Waals surface area (Å²) >= 11 is 0. The summed E-state index contributed by atoms with van der Waals surface area (Å²) in [7, 11) is 0. The van der Waals surface area contributed by atoms with Gasteiger partial charge < -0.3 is 9.84 Å². The first-order valence-electron chi connectivity index (χ1n) is 14.5. The van der Waals surface area contributed by atoms with Crippen LogP contribution >= 0.6 is 0 Å². The number of aromatic nitrogens is 4. The van der Waals surface area contributed by atoms with Crippen molar-refractivity contribution < 1.29 is 14.7 Å². The van der Waals surface area contributed by atoms with Crippen LogP contribution in [0, 0.1) is 0 Å². The van der Waals surface area contributed by atoms with E-state index in [0.29, 0.717) is 29.3 Å². The summed E-state index contributed by atoms with van der Waals surface area (Å²) < 4.78 is 9.25. The van der Waals surface area contributed by atoms with Gasteiger partial charge in [0.1, 0.15) is 12.1 Å². The number of fused-ring (bicyclic) bond motifs is 1. The molecular formula is C33H34N6O4. The van der Waals surface area contributed by atoms with E-state index in [4.69, 9.17) is 9.57 Å². The zero-order valence-corrected chi connectivity index (χ0v) is 24.4. The highest BCUT2D eigenvalue weighted by Crippen LogP contribution is 2.27. The Labute approximate surface area is 249 Å². The molecule has 0 spiro atoms. The van der Waals surface area contributed by atoms with Crippen LogP contribution in [0.3, 0.4) is 0 Å². The van der Waals surface area contributed by atoms with Crippen molar-refractivity contribution in [2.75, 3.05) is 0 Å². The molecule has 2 N–H and O–H groups in total. The van der Waals surface area contributed by atoms with Crippen molar-refractivity contribution in [2.24, 2.45) is 4.99 Å². The first-order valence-corrected chi connectivity index (χ1v) is 14.5. The molecule has 5 aromatic rings. The van der Waals surface area contributed by atoms with Crippen LogP contribution in [0.4, 0.5) is 0 Å². The van der Waals surface area contributed by atoms with E-state index in [1.807, 2.05) is 86.6 Å². The lowest BCUT2D eigenvalue weighted by molar-refractivity contribution is -0.102. The van der Waals surface area contributed by atoms with Crippen LogP contribution in [0.1, 0.15) is 56.0 Å². The molecule has 2 aromatic heterocycles. The Morgan fingerprint density at radius 1 is 1.02 bits per heavy atom. The van der Waals surface area contributed by atoms with Gasteiger partial charge in [-0.05, 0) is 67.6 Å². The molecule has 1 aliphatic heterocycles. The number of hydrogen-bond acceptors (Lipinski definition) is 8. The molecule has 10 heteroatoms. The van der Waals surface area contributed by atoms with E-state index in [2.05, 4.69) is 27.5 Å². The molecule has 6 rings (SSSR count). The molecule has 220 valence electrons. The third kappa shape index (κ3) is 5.79. The summed E-state index contributed by atoms with van der Waals surface area (Å²) in [4.78, 5) is 27.8. The van der Waals surface area contributed by atoms with E-state index in [-0.39, 0.29) is 11.7 Å². The fourth-order valence-corrected chi connectivity index (χ4v) is 5.36. The topological polar surface area (TPSA) is 115 Å². The third-order valence-corrected chi connectivity index (χ3v) is 7.36. The summed E-state index contributed by atoms with van der Waals surface area (Å²) in [6.45, 7) is 6.09. The maximum absolute atomic E-state index is 14.2. The van der Waals surface area contributed by atoms with Crippen molar-refractivity contribution in [3.8, 4) is 22.6 Å². The monoisotopic (exact) mass is 578 g/mol. The number of nitrogens with zero attached hydrogens (tertiary/aromatic N) is 5. The van der Waals surface area contributed by atoms with Gasteiger partial charge in [-0.15, -0.1) is 0 Å². The van der Waals surface area contributed by atoms with Crippen molar-refractivity contribution in [2.45, 2.75) is 59.0 Å². The number of hydroxylamine groups is 1. The number of ether oxygens (including phenoxy) is 1. The van der Waals surface area contributed by atoms with Gasteiger partial charge in [-0.25, -0.2) is 24.4 Å². The van der Waals surface area contributed by atoms with Gasteiger partial charge in [0.2, 0.25) is 5.78 Å². The highest BCUT2D eigenvalue weighted by Gasteiger charge is 2.21. The van der Waals surface area contributed by atoms with Crippen molar-refractivity contribution in [3.05, 3.63) is 112 Å². The lowest BCUT2D eigenvalue weighted by Gasteiger charge is -2.16. The van der Waals surface area contributed by atoms with E-state index < -0.39 is 6.41 Å². The molecule has 10 nitrogen and oxygen atoms in total. The van der Waals surface area contributed by atoms with Crippen LogP contribution in [0.15, 0.2) is 88.9 Å². The van der Waals surface area contributed by atoms with Crippen molar-refractivity contribution in [1.82, 2.24) is 24.6 Å². The summed E-state index contributed by atoms with van der Waals surface area (Å²) in [5.74, 6) is 1.70. The number of aliphatic hydroxyl groups excluding tert-OH is 1. The van der Waals surface area contributed by atoms with E-state index >= 15 is 0 Å². The standard InChI is InChI=1S/C33H34N6O4/c1-4-5-10-29-28(31(40)38(32-34-20-35-39(29)32)24-15-17-25(18-16-24)42-21(2)3)19-22-11-13-23(14-12-22)26-8-6-7-9-27(26)30-36-33(41)43-37-30/h6-9,11-18,20-21,33,41H,4-5,10,19H2,1-3H3,(H,36,37). The normalized spacial score (nSPS) is 14.7. The van der Waals surface area contributed by atoms with Crippen LogP contribution in [0.2, 0.25) is 0 Å². The predicted octanol–water partition coefficient (Wildman–Crippen LogP) is 4.83. The molecule has 1 atom stereocenters. The van der Waals surface area contributed by atoms with Crippen molar-refractivity contribution >= 4 is 11.6 Å². The number of aryl methyl sites for hydroxylation is 1. The Morgan fingerprint density at radius 2 is 1.77 bits per heavy atom. The molecule has 0 radical (unpaired) electrons. The Kier molecular flexibility index (Phi) is 8.04. The molecule has 0 bridgehead atoms. The van der Waals surface area contributed by atoms with Gasteiger partial charge in [0.15, 0.2) is 5.84 Å². The van der Waals surface area contributed by atoms with E-state index in [1.54, 1.807) is 9.08 Å². The highest BCUT2D eigenvalue weighted by atomic mass is 16.7. The van der Waals surface area contributed by atoms with Crippen LogP contribution in [-0.4, -0.2) is 42.6 Å². The van der Waals surface area contributed by atoms with E-state index in [1.165, 1.54) is 6.33 Å². The molecule has 1 unspecified atom stereocenters. The Bertz CT molecular complexity index is 1820. The van der Waals surface area contributed by atoms with Gasteiger partial charge in [0.05, 0.1) is 17.5 Å². The zero-order valence-electron chi connectivity index (χ0n) is 24.4. The molecule has 43 heavy (non-hydrogen) atoms. The van der Waals surface area contributed by atoms with Crippen molar-refractivity contribution in [3.63, 3.8) is 0 Å². The molecule has 3 heterocycles. The third-order valence-electron chi connectivity index (χ3n) is 7.36. The maximum atomic E-state index is 14.2. The summed E-state index contributed by atoms with van der Waals surface area (Å²) in [5, 5.41) is 14.2. The fourth-order valence-electron chi connectivity index (χ4n) is 5.36. The number of aliphatic hydroxyl groups is 1. The lowest BCUT2D eigenvalue weighted by atomic mass is 9.96. The van der Waals surface area contributed by atoms with E-state index in [0.717, 1.165) is 53.0 Å². The largest absolute Gasteiger partial charge is 0.491 e. The summed E-state index contributed by atoms with van der Waals surface area (Å²) in [6, 6.07) is 23.4. The van der Waals surface area contributed by atoms with Gasteiger partial charge in [-0.3, -0.25) is 4.79 Å². The zero-order chi connectivity index (χ0) is 29.9. The molecule has 0 saturated heterocycles. The molecule has 0 saturated carbocycles. The second-order valence-electron chi connectivity index (χ2n) is 10.7. The molecule has 1 aliphatic rings. The molecule has 0 amide bonds. The molecule has 0 aliphatic carbocycles. The molecular weight excluding hydrogens is 544 g/mol. The summed E-state index contributed by atoms with van der Waals surface area (Å²) in [5.41, 5.74) is 8.59. The Hall–Kier alpha value is -4.80. The second kappa shape index (κ2) is 12.2. The minimum absolute atomic E-state index is 0.0520. The SMILES string of the molecule is CCCCc1c(Cc2ccc(-c3ccccc3C3=NC(O)ON3)cc2)c(=O)n(-c2ccc(OC(C)C)cc2)c2ncnn12. The molecule has 3 aromatic carbocycles. The van der Waals surface area contributed by atoms with Gasteiger partial charge in [-0.1, -0.05) is 61.9 Å². The summed E-state index contributed by atoms with van der Waals surface area (Å²) in [6.07, 6.45) is 3.41. The van der Waals surface area contributed by atoms with E-state index in [9.17, 15) is 9.90 Å². The van der Waals surface area contributed by atoms with Crippen LogP contribution in [0.5, 0.6) is 5.75 Å². The second-order valence-corrected chi connectivity index (χ2v) is 10.7. The average molecular weight is 579 g/mol. The van der Waals surface area contributed by atoms with Crippen LogP contribution in [0.25, 0.3) is 22.6 Å². The number of aliphatic imine (C=N–C) groups is 1. The van der Waals surface area contributed by atoms with Gasteiger partial charge in [0, 0.05) is 17.5 Å². The van der Waals surface area contributed by atoms with Gasteiger partial charge in [-0.2, -0.15) is 10.1 Å². The Balaban J connectivity index is 1.39. The number of amidine groups is 1. The Morgan fingerprint density at radius 3 is 2.44 bits per heavy atom. The number of rotatable bonds is 10. The van der Waals surface area contributed by atoms with Gasteiger partial charge in [0.25, 0.3) is 12.0 Å². The lowest BCUT2D eigenvalue weighted by Crippen LogP contribution is -2.28. The number of benzene rings is 3.